The highest BCUT2D eigenvalue weighted by molar-refractivity contribution is 9.09. The van der Waals surface area contributed by atoms with Crippen molar-refractivity contribution in [3.63, 3.8) is 0 Å². The molecule has 72 valence electrons. The van der Waals surface area contributed by atoms with Crippen LogP contribution in [0, 0.1) is 12.3 Å². The van der Waals surface area contributed by atoms with E-state index >= 15 is 0 Å². The van der Waals surface area contributed by atoms with Crippen LogP contribution >= 0.6 is 27.7 Å². The molecule has 0 atom stereocenters. The molecular formula is C10H13BrOS. The number of rotatable bonds is 4. The Morgan fingerprint density at radius 2 is 2.38 bits per heavy atom. The average Bonchev–Trinajstić information content (AvgIpc) is 2.82. The van der Waals surface area contributed by atoms with Gasteiger partial charge in [0, 0.05) is 16.0 Å². The first-order valence-electron chi connectivity index (χ1n) is 4.49. The Kier molecular flexibility index (Phi) is 2.75. The Morgan fingerprint density at radius 3 is 2.85 bits per heavy atom. The third kappa shape index (κ3) is 2.13. The lowest BCUT2D eigenvalue weighted by Crippen LogP contribution is -2.04. The summed E-state index contributed by atoms with van der Waals surface area (Å²) in [4.78, 5) is 1.30. The van der Waals surface area contributed by atoms with Crippen molar-refractivity contribution in [2.75, 3.05) is 11.1 Å². The highest BCUT2D eigenvalue weighted by atomic mass is 79.9. The lowest BCUT2D eigenvalue weighted by Gasteiger charge is -2.09. The quantitative estimate of drug-likeness (QED) is 0.603. The zero-order valence-electron chi connectivity index (χ0n) is 7.68. The van der Waals surface area contributed by atoms with E-state index < -0.39 is 0 Å². The van der Waals surface area contributed by atoms with Crippen molar-refractivity contribution in [2.24, 2.45) is 5.41 Å². The molecule has 0 N–H and O–H groups in total. The first-order valence-corrected chi connectivity index (χ1v) is 6.59. The van der Waals surface area contributed by atoms with Crippen molar-refractivity contribution in [1.29, 1.82) is 0 Å². The Hall–Kier alpha value is 0.110. The van der Waals surface area contributed by atoms with Gasteiger partial charge >= 0.3 is 0 Å². The summed E-state index contributed by atoms with van der Waals surface area (Å²) >= 11 is 5.50. The third-order valence-electron chi connectivity index (χ3n) is 2.59. The molecule has 0 aliphatic heterocycles. The second-order valence-corrected chi connectivity index (χ2v) is 5.34. The van der Waals surface area contributed by atoms with Gasteiger partial charge in [-0.1, -0.05) is 15.9 Å². The predicted molar refractivity (Wildman–Crippen MR) is 59.6 cm³/mol. The van der Waals surface area contributed by atoms with E-state index in [0.717, 1.165) is 11.1 Å². The molecule has 0 radical (unpaired) electrons. The molecule has 1 aliphatic carbocycles. The molecule has 0 amide bonds. The molecule has 1 aromatic heterocycles. The average molecular weight is 261 g/mol. The lowest BCUT2D eigenvalue weighted by atomic mass is 10.2. The zero-order chi connectivity index (χ0) is 9.31. The highest BCUT2D eigenvalue weighted by Crippen LogP contribution is 2.50. The molecule has 2 rings (SSSR count). The maximum absolute atomic E-state index is 5.25. The van der Waals surface area contributed by atoms with Gasteiger partial charge in [0.1, 0.15) is 5.76 Å². The van der Waals surface area contributed by atoms with Gasteiger partial charge in [0.2, 0.25) is 0 Å². The second-order valence-electron chi connectivity index (χ2n) is 3.76. The van der Waals surface area contributed by atoms with E-state index in [1.54, 1.807) is 6.26 Å². The summed E-state index contributed by atoms with van der Waals surface area (Å²) in [6, 6.07) is 2.06. The van der Waals surface area contributed by atoms with Crippen LogP contribution in [0.4, 0.5) is 0 Å². The van der Waals surface area contributed by atoms with Gasteiger partial charge in [-0.15, -0.1) is 11.8 Å². The first-order chi connectivity index (χ1) is 6.26. The Balaban J connectivity index is 1.90. The first kappa shape index (κ1) is 9.66. The monoisotopic (exact) mass is 260 g/mol. The molecule has 1 nitrogen and oxygen atoms in total. The molecule has 0 unspecified atom stereocenters. The summed E-state index contributed by atoms with van der Waals surface area (Å²) in [6.45, 7) is 2.02. The van der Waals surface area contributed by atoms with E-state index in [-0.39, 0.29) is 0 Å². The molecule has 3 heteroatoms. The van der Waals surface area contributed by atoms with E-state index in [0.29, 0.717) is 5.41 Å². The number of furan rings is 1. The minimum atomic E-state index is 0.592. The Labute approximate surface area is 91.4 Å². The summed E-state index contributed by atoms with van der Waals surface area (Å²) < 4.78 is 5.25. The molecule has 0 bridgehead atoms. The van der Waals surface area contributed by atoms with Crippen LogP contribution in [0.2, 0.25) is 0 Å². The number of alkyl halides is 1. The summed E-state index contributed by atoms with van der Waals surface area (Å²) in [5, 5.41) is 1.14. The van der Waals surface area contributed by atoms with Gasteiger partial charge in [-0.2, -0.15) is 0 Å². The van der Waals surface area contributed by atoms with Crippen molar-refractivity contribution in [3.05, 3.63) is 18.1 Å². The normalized spacial score (nSPS) is 18.9. The van der Waals surface area contributed by atoms with Crippen LogP contribution in [-0.2, 0) is 0 Å². The fraction of sp³-hybridized carbons (Fsp3) is 0.600. The van der Waals surface area contributed by atoms with Crippen LogP contribution in [0.5, 0.6) is 0 Å². The summed E-state index contributed by atoms with van der Waals surface area (Å²) in [5.74, 6) is 2.27. The van der Waals surface area contributed by atoms with Gasteiger partial charge in [0.25, 0.3) is 0 Å². The minimum Gasteiger partial charge on any atom is -0.468 e. The fourth-order valence-electron chi connectivity index (χ4n) is 1.25. The van der Waals surface area contributed by atoms with E-state index in [1.807, 2.05) is 18.7 Å². The van der Waals surface area contributed by atoms with E-state index in [1.165, 1.54) is 23.5 Å². The van der Waals surface area contributed by atoms with Crippen molar-refractivity contribution < 1.29 is 4.42 Å². The Bertz CT molecular complexity index is 291. The SMILES string of the molecule is Cc1occc1SCC1(CBr)CC1. The van der Waals surface area contributed by atoms with Crippen molar-refractivity contribution >= 4 is 27.7 Å². The minimum absolute atomic E-state index is 0.592. The molecule has 0 aromatic carbocycles. The zero-order valence-corrected chi connectivity index (χ0v) is 10.1. The van der Waals surface area contributed by atoms with Crippen LogP contribution in [0.15, 0.2) is 21.6 Å². The lowest BCUT2D eigenvalue weighted by molar-refractivity contribution is 0.526. The Morgan fingerprint density at radius 1 is 1.62 bits per heavy atom. The number of aryl methyl sites for hydroxylation is 1. The van der Waals surface area contributed by atoms with E-state index in [9.17, 15) is 0 Å². The maximum atomic E-state index is 5.25. The molecular weight excluding hydrogens is 248 g/mol. The molecule has 1 heterocycles. The number of thioether (sulfide) groups is 1. The van der Waals surface area contributed by atoms with E-state index in [4.69, 9.17) is 4.42 Å². The van der Waals surface area contributed by atoms with Gasteiger partial charge in [-0.25, -0.2) is 0 Å². The summed E-state index contributed by atoms with van der Waals surface area (Å²) in [6.07, 6.45) is 4.52. The molecule has 0 spiro atoms. The van der Waals surface area contributed by atoms with Gasteiger partial charge in [-0.3, -0.25) is 0 Å². The smallest absolute Gasteiger partial charge is 0.114 e. The topological polar surface area (TPSA) is 13.1 Å². The van der Waals surface area contributed by atoms with E-state index in [2.05, 4.69) is 22.0 Å². The predicted octanol–water partition coefficient (Wildman–Crippen LogP) is 3.86. The van der Waals surface area contributed by atoms with Crippen LogP contribution < -0.4 is 0 Å². The number of halogens is 1. The van der Waals surface area contributed by atoms with Gasteiger partial charge in [0.15, 0.2) is 0 Å². The summed E-state index contributed by atoms with van der Waals surface area (Å²) in [5.41, 5.74) is 0.592. The van der Waals surface area contributed by atoms with Gasteiger partial charge in [0.05, 0.1) is 6.26 Å². The van der Waals surface area contributed by atoms with Crippen molar-refractivity contribution in [1.82, 2.24) is 0 Å². The highest BCUT2D eigenvalue weighted by Gasteiger charge is 2.41. The van der Waals surface area contributed by atoms with Crippen LogP contribution in [0.25, 0.3) is 0 Å². The van der Waals surface area contributed by atoms with Gasteiger partial charge in [-0.05, 0) is 31.2 Å². The second kappa shape index (κ2) is 3.70. The fourth-order valence-corrected chi connectivity index (χ4v) is 3.52. The van der Waals surface area contributed by atoms with Crippen LogP contribution in [0.1, 0.15) is 18.6 Å². The molecule has 1 fully saturated rings. The summed E-state index contributed by atoms with van der Waals surface area (Å²) in [7, 11) is 0. The molecule has 1 aliphatic rings. The molecule has 1 aromatic rings. The van der Waals surface area contributed by atoms with Crippen molar-refractivity contribution in [3.8, 4) is 0 Å². The van der Waals surface area contributed by atoms with Gasteiger partial charge < -0.3 is 4.42 Å². The number of hydrogen-bond donors (Lipinski definition) is 0. The molecule has 0 saturated heterocycles. The maximum Gasteiger partial charge on any atom is 0.114 e. The molecule has 13 heavy (non-hydrogen) atoms. The van der Waals surface area contributed by atoms with Crippen LogP contribution in [-0.4, -0.2) is 11.1 Å². The standard InChI is InChI=1S/C10H13BrOS/c1-8-9(2-5-12-8)13-7-10(6-11)3-4-10/h2,5H,3-4,6-7H2,1H3. The number of hydrogen-bond acceptors (Lipinski definition) is 2. The third-order valence-corrected chi connectivity index (χ3v) is 5.27. The van der Waals surface area contributed by atoms with Crippen LogP contribution in [0.3, 0.4) is 0 Å². The molecule has 1 saturated carbocycles. The largest absolute Gasteiger partial charge is 0.468 e. The van der Waals surface area contributed by atoms with Crippen molar-refractivity contribution in [2.45, 2.75) is 24.7 Å².